The van der Waals surface area contributed by atoms with E-state index >= 15 is 0 Å². The molecule has 3 atom stereocenters. The highest BCUT2D eigenvalue weighted by Gasteiger charge is 2.55. The van der Waals surface area contributed by atoms with Crippen LogP contribution in [0.3, 0.4) is 0 Å². The second-order valence-electron chi connectivity index (χ2n) is 7.20. The maximum absolute atomic E-state index is 12.3. The zero-order valence-electron chi connectivity index (χ0n) is 13.2. The number of nitrogens with zero attached hydrogens (tertiary/aromatic N) is 2. The Morgan fingerprint density at radius 1 is 1.44 bits per heavy atom. The van der Waals surface area contributed by atoms with Crippen LogP contribution in [0.4, 0.5) is 11.4 Å². The predicted molar refractivity (Wildman–Crippen MR) is 102 cm³/mol. The van der Waals surface area contributed by atoms with Crippen molar-refractivity contribution < 1.29 is 9.90 Å². The lowest BCUT2D eigenvalue weighted by Gasteiger charge is -2.38. The fourth-order valence-electron chi connectivity index (χ4n) is 4.91. The number of rotatable bonds is 0. The minimum Gasteiger partial charge on any atom is -0.504 e. The van der Waals surface area contributed by atoms with Gasteiger partial charge in [0.2, 0.25) is 0 Å². The summed E-state index contributed by atoms with van der Waals surface area (Å²) in [5.74, 6) is 0.343. The van der Waals surface area contributed by atoms with Gasteiger partial charge in [-0.3, -0.25) is 14.8 Å². The van der Waals surface area contributed by atoms with E-state index in [2.05, 4.69) is 32.3 Å². The number of phenols is 1. The summed E-state index contributed by atoms with van der Waals surface area (Å²) in [5, 5.41) is 16.4. The van der Waals surface area contributed by atoms with Crippen LogP contribution in [-0.4, -0.2) is 34.3 Å². The van der Waals surface area contributed by atoms with Crippen LogP contribution in [0.5, 0.6) is 5.75 Å². The third-order valence-electron chi connectivity index (χ3n) is 5.96. The van der Waals surface area contributed by atoms with Crippen molar-refractivity contribution in [2.75, 3.05) is 11.9 Å². The number of aromatic hydroxyl groups is 1. The zero-order valence-corrected chi connectivity index (χ0v) is 15.6. The van der Waals surface area contributed by atoms with Crippen LogP contribution in [0.1, 0.15) is 24.8 Å². The third-order valence-corrected chi connectivity index (χ3v) is 8.13. The van der Waals surface area contributed by atoms with E-state index in [1.165, 1.54) is 5.57 Å². The first-order valence-corrected chi connectivity index (χ1v) is 10.2. The maximum Gasteiger partial charge on any atom is 0.170 e. The summed E-state index contributed by atoms with van der Waals surface area (Å²) in [7, 11) is 0. The largest absolute Gasteiger partial charge is 0.504 e. The highest BCUT2D eigenvalue weighted by atomic mass is 79.9. The minimum absolute atomic E-state index is 0.0773. The smallest absolute Gasteiger partial charge is 0.170 e. The number of ketones is 1. The van der Waals surface area contributed by atoms with E-state index in [0.29, 0.717) is 21.9 Å². The van der Waals surface area contributed by atoms with E-state index < -0.39 is 0 Å². The first-order valence-electron chi connectivity index (χ1n) is 8.44. The summed E-state index contributed by atoms with van der Waals surface area (Å²) >= 11 is 5.24. The number of fused-ring (bicyclic) bond motifs is 3. The van der Waals surface area contributed by atoms with Crippen molar-refractivity contribution in [1.29, 1.82) is 0 Å². The van der Waals surface area contributed by atoms with Gasteiger partial charge in [0, 0.05) is 40.6 Å². The lowest BCUT2D eigenvalue weighted by molar-refractivity contribution is -0.115. The minimum atomic E-state index is -0.265. The SMILES string of the molecule is O=C1CC2S[C@@H]3C[C@@]2(C=C1Br)c1c2c4c(c(O)c1=N3)N=CC=4CCN2. The van der Waals surface area contributed by atoms with E-state index in [1.807, 2.05) is 6.21 Å². The van der Waals surface area contributed by atoms with Gasteiger partial charge in [0.1, 0.15) is 11.0 Å². The molecular formula is C18H14BrN3O2S. The molecule has 1 aromatic rings. The molecule has 0 aromatic heterocycles. The Labute approximate surface area is 156 Å². The molecule has 1 aromatic carbocycles. The number of nitrogens with one attached hydrogen (secondary N) is 1. The lowest BCUT2D eigenvalue weighted by Crippen LogP contribution is -2.45. The molecule has 5 aliphatic rings. The van der Waals surface area contributed by atoms with Crippen LogP contribution in [0.25, 0.3) is 5.57 Å². The molecular weight excluding hydrogens is 402 g/mol. The van der Waals surface area contributed by atoms with E-state index in [1.54, 1.807) is 11.8 Å². The predicted octanol–water partition coefficient (Wildman–Crippen LogP) is 2.03. The number of phenolic OH excluding ortho intramolecular Hbond substituents is 1. The van der Waals surface area contributed by atoms with E-state index in [0.717, 1.165) is 35.9 Å². The summed E-state index contributed by atoms with van der Waals surface area (Å²) < 4.78 is 0.654. The monoisotopic (exact) mass is 415 g/mol. The highest BCUT2D eigenvalue weighted by Crippen LogP contribution is 2.57. The molecule has 0 amide bonds. The van der Waals surface area contributed by atoms with Crippen molar-refractivity contribution in [3.63, 3.8) is 0 Å². The molecule has 2 N–H and O–H groups in total. The average Bonchev–Trinajstić information content (AvgIpc) is 3.13. The van der Waals surface area contributed by atoms with Crippen molar-refractivity contribution in [3.8, 4) is 5.75 Å². The van der Waals surface area contributed by atoms with Crippen LogP contribution in [-0.2, 0) is 10.2 Å². The van der Waals surface area contributed by atoms with Crippen LogP contribution in [0.2, 0.25) is 0 Å². The van der Waals surface area contributed by atoms with Gasteiger partial charge in [-0.25, -0.2) is 0 Å². The van der Waals surface area contributed by atoms with Gasteiger partial charge in [-0.1, -0.05) is 6.08 Å². The maximum atomic E-state index is 12.3. The zero-order chi connectivity index (χ0) is 16.9. The Hall–Kier alpha value is -1.60. The fraction of sp³-hybridized carbons (Fsp3) is 0.389. The molecule has 6 rings (SSSR count). The first kappa shape index (κ1) is 14.6. The molecule has 25 heavy (non-hydrogen) atoms. The number of aliphatic imine (C=N–C) groups is 1. The molecule has 4 heterocycles. The molecule has 5 nitrogen and oxygen atoms in total. The number of hydrogen-bond donors (Lipinski definition) is 2. The second-order valence-corrected chi connectivity index (χ2v) is 9.44. The lowest BCUT2D eigenvalue weighted by atomic mass is 9.68. The number of Topliss-reactive ketones (excluding diaryl/α,β-unsaturated/α-hetero) is 1. The van der Waals surface area contributed by atoms with Crippen LogP contribution >= 0.6 is 27.7 Å². The quantitative estimate of drug-likeness (QED) is 0.635. The number of thioether (sulfide) groups is 1. The molecule has 7 heteroatoms. The van der Waals surface area contributed by atoms with Gasteiger partial charge in [0.25, 0.3) is 0 Å². The Balaban J connectivity index is 1.79. The summed E-state index contributed by atoms with van der Waals surface area (Å²) in [6, 6.07) is 0. The highest BCUT2D eigenvalue weighted by molar-refractivity contribution is 9.12. The van der Waals surface area contributed by atoms with Crippen molar-refractivity contribution in [1.82, 2.24) is 0 Å². The Morgan fingerprint density at radius 2 is 2.32 bits per heavy atom. The van der Waals surface area contributed by atoms with Crippen molar-refractivity contribution in [2.45, 2.75) is 35.3 Å². The number of allylic oxidation sites excluding steroid dienone is 2. The van der Waals surface area contributed by atoms with Gasteiger partial charge >= 0.3 is 0 Å². The summed E-state index contributed by atoms with van der Waals surface area (Å²) in [6.07, 6.45) is 6.25. The number of hydrogen-bond acceptors (Lipinski definition) is 6. The van der Waals surface area contributed by atoms with Gasteiger partial charge in [-0.15, -0.1) is 11.8 Å². The molecule has 0 saturated carbocycles. The van der Waals surface area contributed by atoms with Crippen molar-refractivity contribution in [2.24, 2.45) is 9.98 Å². The average molecular weight is 416 g/mol. The van der Waals surface area contributed by atoms with Crippen LogP contribution < -0.4 is 15.9 Å². The van der Waals surface area contributed by atoms with Crippen molar-refractivity contribution in [3.05, 3.63) is 26.7 Å². The molecule has 2 bridgehead atoms. The van der Waals surface area contributed by atoms with Gasteiger partial charge in [0.05, 0.1) is 15.5 Å². The van der Waals surface area contributed by atoms with Crippen molar-refractivity contribution >= 4 is 56.6 Å². The number of anilines is 1. The number of benzene rings is 1. The molecule has 1 spiro atoms. The van der Waals surface area contributed by atoms with Gasteiger partial charge in [-0.05, 0) is 34.3 Å². The molecule has 0 radical (unpaired) electrons. The third kappa shape index (κ3) is 1.64. The van der Waals surface area contributed by atoms with Gasteiger partial charge < -0.3 is 10.4 Å². The normalized spacial score (nSPS) is 33.2. The Kier molecular flexibility index (Phi) is 2.66. The summed E-state index contributed by atoms with van der Waals surface area (Å²) in [5.41, 5.74) is 3.68. The van der Waals surface area contributed by atoms with Gasteiger partial charge in [0.15, 0.2) is 11.5 Å². The van der Waals surface area contributed by atoms with Gasteiger partial charge in [-0.2, -0.15) is 0 Å². The Morgan fingerprint density at radius 3 is 3.20 bits per heavy atom. The number of carbonyl (C=O) groups excluding carboxylic acids is 1. The molecule has 1 aliphatic carbocycles. The summed E-state index contributed by atoms with van der Waals surface area (Å²) in [6.45, 7) is 0.853. The topological polar surface area (TPSA) is 74.0 Å². The van der Waals surface area contributed by atoms with Crippen LogP contribution in [0.15, 0.2) is 20.5 Å². The summed E-state index contributed by atoms with van der Waals surface area (Å²) in [4.78, 5) is 21.6. The Bertz CT molecular complexity index is 1080. The fourth-order valence-corrected chi connectivity index (χ4v) is 7.17. The molecule has 4 aliphatic heterocycles. The van der Waals surface area contributed by atoms with E-state index in [9.17, 15) is 9.90 Å². The van der Waals surface area contributed by atoms with E-state index in [4.69, 9.17) is 4.99 Å². The number of carbonyl (C=O) groups is 1. The second kappa shape index (κ2) is 4.57. The van der Waals surface area contributed by atoms with E-state index in [-0.39, 0.29) is 27.6 Å². The van der Waals surface area contributed by atoms with Crippen LogP contribution in [0, 0.1) is 0 Å². The molecule has 1 saturated heterocycles. The molecule has 126 valence electrons. The molecule has 1 fully saturated rings. The standard InChI is InChI=1S/C18H14BrN3O2S/c19-8-4-18-5-11(25-10(18)3-9(8)23)22-16-13(18)14-12-7(1-2-20-14)6-21-15(12)17(16)24/h4,6,10-11,20,24H,1-3,5H2/t10?,11-,18-/m1/s1. The molecule has 1 unspecified atom stereocenters. The first-order chi connectivity index (χ1) is 12.1. The number of halogens is 1.